The van der Waals surface area contributed by atoms with Crippen molar-refractivity contribution < 1.29 is 13.2 Å². The molecule has 0 bridgehead atoms. The largest absolute Gasteiger partial charge is 0.446 e. The molecule has 8 heteroatoms. The summed E-state index contributed by atoms with van der Waals surface area (Å²) in [5, 5.41) is 14.1. The summed E-state index contributed by atoms with van der Waals surface area (Å²) in [6.45, 7) is 7.99. The van der Waals surface area contributed by atoms with Gasteiger partial charge in [0.05, 0.1) is 6.04 Å². The van der Waals surface area contributed by atoms with Gasteiger partial charge < -0.3 is 5.32 Å². The summed E-state index contributed by atoms with van der Waals surface area (Å²) in [5.41, 5.74) is -3.86. The van der Waals surface area contributed by atoms with Crippen molar-refractivity contribution in [3.05, 3.63) is 24.3 Å². The van der Waals surface area contributed by atoms with Crippen molar-refractivity contribution in [1.82, 2.24) is 5.32 Å². The van der Waals surface area contributed by atoms with E-state index < -0.39 is 5.51 Å². The average Bonchev–Trinajstić information content (AvgIpc) is 2.38. The molecule has 0 aliphatic rings. The van der Waals surface area contributed by atoms with Crippen LogP contribution in [-0.4, -0.2) is 17.5 Å². The van der Waals surface area contributed by atoms with Crippen LogP contribution in [0, 0.1) is 16.9 Å². The van der Waals surface area contributed by atoms with Crippen molar-refractivity contribution in [3.63, 3.8) is 0 Å². The summed E-state index contributed by atoms with van der Waals surface area (Å²) < 4.78 is 36.9. The number of thioether (sulfide) groups is 1. The number of hydrogen-bond acceptors (Lipinski definition) is 3. The average molecular weight is 344 g/mol. The molecule has 1 rings (SSSR count). The van der Waals surface area contributed by atoms with Gasteiger partial charge in [-0.1, -0.05) is 20.8 Å². The number of halogens is 3. The summed E-state index contributed by atoms with van der Waals surface area (Å²) in [4.78, 5) is 4.50. The number of rotatable bonds is 3. The Bertz CT molecular complexity index is 583. The zero-order valence-corrected chi connectivity index (χ0v) is 14.1. The van der Waals surface area contributed by atoms with E-state index in [1.807, 2.05) is 27.7 Å². The highest BCUT2D eigenvalue weighted by Crippen LogP contribution is 2.37. The normalized spacial score (nSPS) is 14.1. The Labute approximate surface area is 138 Å². The van der Waals surface area contributed by atoms with Crippen molar-refractivity contribution in [2.45, 2.75) is 44.1 Å². The zero-order valence-electron chi connectivity index (χ0n) is 13.3. The third-order valence-corrected chi connectivity index (χ3v) is 3.84. The molecule has 0 spiro atoms. The van der Waals surface area contributed by atoms with E-state index in [2.05, 4.69) is 15.6 Å². The minimum Gasteiger partial charge on any atom is -0.326 e. The van der Waals surface area contributed by atoms with E-state index in [9.17, 15) is 13.2 Å². The van der Waals surface area contributed by atoms with E-state index in [-0.39, 0.29) is 34.1 Å². The van der Waals surface area contributed by atoms with Crippen LogP contribution in [0.4, 0.5) is 18.9 Å². The topological polar surface area (TPSA) is 60.2 Å². The minimum atomic E-state index is -4.31. The molecule has 126 valence electrons. The molecule has 1 aromatic carbocycles. The lowest BCUT2D eigenvalue weighted by molar-refractivity contribution is -0.0328. The first-order valence-electron chi connectivity index (χ1n) is 6.87. The summed E-state index contributed by atoms with van der Waals surface area (Å²) in [7, 11) is 0. The molecule has 0 aliphatic carbocycles. The summed E-state index contributed by atoms with van der Waals surface area (Å²) >= 11 is -0.173. The fourth-order valence-electron chi connectivity index (χ4n) is 1.41. The number of nitrogens with one attached hydrogen (secondary N) is 2. The van der Waals surface area contributed by atoms with Crippen molar-refractivity contribution in [1.29, 1.82) is 5.26 Å². The molecule has 1 aromatic rings. The fourth-order valence-corrected chi connectivity index (χ4v) is 1.95. The van der Waals surface area contributed by atoms with Gasteiger partial charge in [0.2, 0.25) is 5.96 Å². The lowest BCUT2D eigenvalue weighted by Crippen LogP contribution is -2.31. The zero-order chi connectivity index (χ0) is 17.7. The van der Waals surface area contributed by atoms with Crippen LogP contribution in [0.25, 0.3) is 0 Å². The Kier molecular flexibility index (Phi) is 6.33. The van der Waals surface area contributed by atoms with Crippen LogP contribution in [0.3, 0.4) is 0 Å². The second kappa shape index (κ2) is 7.59. The Morgan fingerprint density at radius 2 is 1.78 bits per heavy atom. The van der Waals surface area contributed by atoms with E-state index in [0.29, 0.717) is 5.69 Å². The van der Waals surface area contributed by atoms with E-state index in [0.717, 1.165) is 0 Å². The summed E-state index contributed by atoms with van der Waals surface area (Å²) in [5.74, 6) is 0.256. The third kappa shape index (κ3) is 7.28. The maximum absolute atomic E-state index is 12.3. The number of alkyl halides is 3. The molecule has 0 aliphatic heterocycles. The van der Waals surface area contributed by atoms with Gasteiger partial charge in [-0.05, 0) is 48.4 Å². The molecule has 0 radical (unpaired) electrons. The first kappa shape index (κ1) is 19.2. The Balaban J connectivity index is 2.85. The smallest absolute Gasteiger partial charge is 0.326 e. The quantitative estimate of drug-likeness (QED) is 0.277. The molecule has 0 saturated carbocycles. The van der Waals surface area contributed by atoms with Crippen molar-refractivity contribution >= 4 is 23.4 Å². The molecule has 23 heavy (non-hydrogen) atoms. The predicted octanol–water partition coefficient (Wildman–Crippen LogP) is 4.57. The third-order valence-electron chi connectivity index (χ3n) is 3.10. The van der Waals surface area contributed by atoms with Gasteiger partial charge in [-0.3, -0.25) is 5.32 Å². The van der Waals surface area contributed by atoms with Gasteiger partial charge in [-0.25, -0.2) is 4.99 Å². The van der Waals surface area contributed by atoms with Crippen molar-refractivity contribution in [3.8, 4) is 6.19 Å². The minimum absolute atomic E-state index is 0.0640. The number of anilines is 1. The fraction of sp³-hybridized carbons (Fsp3) is 0.467. The standard InChI is InChI=1S/C15H19F3N4S/c1-10(14(2,3)4)21-13(20-9-19)22-11-5-7-12(8-6-11)23-15(16,17)18/h5-8,10H,1-4H3,(H2,20,21,22). The second-order valence-corrected chi connectivity index (χ2v) is 7.09. The van der Waals surface area contributed by atoms with Gasteiger partial charge in [-0.2, -0.15) is 18.4 Å². The number of hydrogen-bond donors (Lipinski definition) is 2. The number of guanidine groups is 1. The lowest BCUT2D eigenvalue weighted by Gasteiger charge is -2.24. The van der Waals surface area contributed by atoms with Gasteiger partial charge in [0.25, 0.3) is 0 Å². The number of benzene rings is 1. The van der Waals surface area contributed by atoms with Gasteiger partial charge >= 0.3 is 5.51 Å². The van der Waals surface area contributed by atoms with Crippen LogP contribution in [0.15, 0.2) is 34.2 Å². The molecule has 1 atom stereocenters. The van der Waals surface area contributed by atoms with Crippen LogP contribution >= 0.6 is 11.8 Å². The van der Waals surface area contributed by atoms with Gasteiger partial charge in [0.1, 0.15) is 0 Å². The molecule has 0 heterocycles. The SMILES string of the molecule is CC(N=C(NC#N)Nc1ccc(SC(F)(F)F)cc1)C(C)(C)C. The molecule has 0 aromatic heterocycles. The Morgan fingerprint density at radius 3 is 2.22 bits per heavy atom. The van der Waals surface area contributed by atoms with Crippen molar-refractivity contribution in [2.75, 3.05) is 5.32 Å². The lowest BCUT2D eigenvalue weighted by atomic mass is 9.88. The van der Waals surface area contributed by atoms with E-state index >= 15 is 0 Å². The molecule has 1 unspecified atom stereocenters. The van der Waals surface area contributed by atoms with Crippen LogP contribution in [0.5, 0.6) is 0 Å². The summed E-state index contributed by atoms with van der Waals surface area (Å²) in [6.07, 6.45) is 1.79. The molecule has 2 N–H and O–H groups in total. The monoisotopic (exact) mass is 344 g/mol. The maximum Gasteiger partial charge on any atom is 0.446 e. The summed E-state index contributed by atoms with van der Waals surface area (Å²) in [6, 6.07) is 5.66. The molecule has 0 saturated heterocycles. The number of aliphatic imine (C=N–C) groups is 1. The van der Waals surface area contributed by atoms with Crippen molar-refractivity contribution in [2.24, 2.45) is 10.4 Å². The van der Waals surface area contributed by atoms with Gasteiger partial charge in [0, 0.05) is 10.6 Å². The van der Waals surface area contributed by atoms with Gasteiger partial charge in [0.15, 0.2) is 6.19 Å². The molecular weight excluding hydrogens is 325 g/mol. The van der Waals surface area contributed by atoms with E-state index in [4.69, 9.17) is 5.26 Å². The van der Waals surface area contributed by atoms with E-state index in [1.165, 1.54) is 24.3 Å². The molecule has 4 nitrogen and oxygen atoms in total. The molecule has 0 amide bonds. The van der Waals surface area contributed by atoms with Gasteiger partial charge in [-0.15, -0.1) is 0 Å². The van der Waals surface area contributed by atoms with Crippen LogP contribution < -0.4 is 10.6 Å². The van der Waals surface area contributed by atoms with Crippen LogP contribution in [0.1, 0.15) is 27.7 Å². The second-order valence-electron chi connectivity index (χ2n) is 5.95. The highest BCUT2D eigenvalue weighted by Gasteiger charge is 2.29. The Morgan fingerprint density at radius 1 is 1.22 bits per heavy atom. The molecule has 0 fully saturated rings. The highest BCUT2D eigenvalue weighted by atomic mass is 32.2. The Hall–Kier alpha value is -1.88. The maximum atomic E-state index is 12.3. The number of nitriles is 1. The first-order chi connectivity index (χ1) is 10.5. The molecular formula is C15H19F3N4S. The van der Waals surface area contributed by atoms with Crippen LogP contribution in [0.2, 0.25) is 0 Å². The highest BCUT2D eigenvalue weighted by molar-refractivity contribution is 8.00. The number of nitrogens with zero attached hydrogens (tertiary/aromatic N) is 2. The first-order valence-corrected chi connectivity index (χ1v) is 7.68. The predicted molar refractivity (Wildman–Crippen MR) is 87.1 cm³/mol. The van der Waals surface area contributed by atoms with Crippen LogP contribution in [-0.2, 0) is 0 Å². The van der Waals surface area contributed by atoms with E-state index in [1.54, 1.807) is 6.19 Å².